The molecule has 0 bridgehead atoms. The van der Waals surface area contributed by atoms with Gasteiger partial charge in [0.05, 0.1) is 6.10 Å². The minimum absolute atomic E-state index is 0.519. The van der Waals surface area contributed by atoms with Gasteiger partial charge in [-0.15, -0.1) is 0 Å². The Bertz CT molecular complexity index is 287. The number of aliphatic hydroxyl groups is 2. The molecule has 0 amide bonds. The summed E-state index contributed by atoms with van der Waals surface area (Å²) in [5.74, 6) is 0. The second-order valence-electron chi connectivity index (χ2n) is 3.64. The van der Waals surface area contributed by atoms with Gasteiger partial charge in [-0.25, -0.2) is 0 Å². The predicted octanol–water partition coefficient (Wildman–Crippen LogP) is 0.394. The van der Waals surface area contributed by atoms with Crippen molar-refractivity contribution in [1.29, 1.82) is 0 Å². The van der Waals surface area contributed by atoms with E-state index in [-0.39, 0.29) is 0 Å². The Labute approximate surface area is 90.0 Å². The smallest absolute Gasteiger partial charge is 0.106 e. The first kappa shape index (κ1) is 12.1. The highest BCUT2D eigenvalue weighted by atomic mass is 16.3. The Morgan fingerprint density at radius 3 is 2.67 bits per heavy atom. The lowest BCUT2D eigenvalue weighted by atomic mass is 10.0. The van der Waals surface area contributed by atoms with Crippen LogP contribution in [0.4, 0.5) is 0 Å². The Morgan fingerprint density at radius 2 is 2.13 bits per heavy atom. The number of rotatable bonds is 5. The van der Waals surface area contributed by atoms with Gasteiger partial charge in [-0.1, -0.05) is 6.07 Å². The van der Waals surface area contributed by atoms with E-state index < -0.39 is 12.2 Å². The number of aryl methyl sites for hydroxylation is 1. The van der Waals surface area contributed by atoms with E-state index in [1.165, 1.54) is 0 Å². The van der Waals surface area contributed by atoms with Gasteiger partial charge in [0.15, 0.2) is 0 Å². The van der Waals surface area contributed by atoms with Crippen molar-refractivity contribution in [3.63, 3.8) is 0 Å². The summed E-state index contributed by atoms with van der Waals surface area (Å²) in [6.45, 7) is 2.56. The third-order valence-electron chi connectivity index (χ3n) is 2.33. The first-order valence-corrected chi connectivity index (χ1v) is 5.08. The maximum atomic E-state index is 9.79. The maximum absolute atomic E-state index is 9.79. The molecule has 0 aliphatic carbocycles. The monoisotopic (exact) mass is 210 g/mol. The van der Waals surface area contributed by atoms with E-state index in [0.29, 0.717) is 18.5 Å². The first-order chi connectivity index (χ1) is 7.15. The van der Waals surface area contributed by atoms with Crippen molar-refractivity contribution >= 4 is 0 Å². The minimum atomic E-state index is -0.855. The lowest BCUT2D eigenvalue weighted by molar-refractivity contribution is 0.0138. The van der Waals surface area contributed by atoms with Gasteiger partial charge in [0, 0.05) is 17.5 Å². The number of pyridine rings is 1. The molecule has 1 rings (SSSR count). The predicted molar refractivity (Wildman–Crippen MR) is 58.5 cm³/mol. The molecule has 0 spiro atoms. The highest BCUT2D eigenvalue weighted by molar-refractivity contribution is 5.16. The Balaban J connectivity index is 2.59. The second-order valence-corrected chi connectivity index (χ2v) is 3.64. The van der Waals surface area contributed by atoms with Crippen LogP contribution in [0.15, 0.2) is 18.3 Å². The van der Waals surface area contributed by atoms with Gasteiger partial charge in [-0.2, -0.15) is 0 Å². The van der Waals surface area contributed by atoms with Crippen LogP contribution >= 0.6 is 0 Å². The third-order valence-corrected chi connectivity index (χ3v) is 2.33. The second kappa shape index (κ2) is 5.80. The van der Waals surface area contributed by atoms with Gasteiger partial charge in [0.25, 0.3) is 0 Å². The summed E-state index contributed by atoms with van der Waals surface area (Å²) in [4.78, 5) is 4.08. The van der Waals surface area contributed by atoms with Crippen molar-refractivity contribution in [1.82, 2.24) is 10.3 Å². The van der Waals surface area contributed by atoms with Gasteiger partial charge in [0.2, 0.25) is 0 Å². The maximum Gasteiger partial charge on any atom is 0.106 e. The summed E-state index contributed by atoms with van der Waals surface area (Å²) in [6, 6.07) is 3.61. The molecular formula is C11H18N2O2. The highest BCUT2D eigenvalue weighted by Gasteiger charge is 2.17. The van der Waals surface area contributed by atoms with Gasteiger partial charge in [-0.3, -0.25) is 4.98 Å². The Hall–Kier alpha value is -0.970. The molecule has 1 heterocycles. The molecule has 2 atom stereocenters. The van der Waals surface area contributed by atoms with Crippen LogP contribution in [0.25, 0.3) is 0 Å². The zero-order valence-corrected chi connectivity index (χ0v) is 9.14. The van der Waals surface area contributed by atoms with E-state index in [4.69, 9.17) is 0 Å². The molecule has 4 heteroatoms. The first-order valence-electron chi connectivity index (χ1n) is 5.08. The summed E-state index contributed by atoms with van der Waals surface area (Å²) < 4.78 is 0. The van der Waals surface area contributed by atoms with Crippen LogP contribution in [0, 0.1) is 6.92 Å². The molecule has 0 aromatic carbocycles. The van der Waals surface area contributed by atoms with Crippen LogP contribution in [0.5, 0.6) is 0 Å². The fraction of sp³-hybridized carbons (Fsp3) is 0.545. The molecule has 0 aliphatic rings. The molecule has 0 radical (unpaired) electrons. The zero-order chi connectivity index (χ0) is 11.3. The summed E-state index contributed by atoms with van der Waals surface area (Å²) in [6.07, 6.45) is 0.516. The Morgan fingerprint density at radius 1 is 1.40 bits per heavy atom. The molecule has 0 fully saturated rings. The van der Waals surface area contributed by atoms with Crippen molar-refractivity contribution < 1.29 is 10.2 Å². The van der Waals surface area contributed by atoms with Gasteiger partial charge in [0.1, 0.15) is 6.10 Å². The third kappa shape index (κ3) is 3.58. The quantitative estimate of drug-likeness (QED) is 0.658. The van der Waals surface area contributed by atoms with E-state index in [1.807, 2.05) is 20.0 Å². The molecule has 4 nitrogen and oxygen atoms in total. The number of hydrogen-bond donors (Lipinski definition) is 3. The highest BCUT2D eigenvalue weighted by Crippen LogP contribution is 2.17. The van der Waals surface area contributed by atoms with Crippen LogP contribution in [0.2, 0.25) is 0 Å². The largest absolute Gasteiger partial charge is 0.390 e. The van der Waals surface area contributed by atoms with Crippen LogP contribution in [0.1, 0.15) is 23.8 Å². The van der Waals surface area contributed by atoms with E-state index in [1.54, 1.807) is 12.3 Å². The zero-order valence-electron chi connectivity index (χ0n) is 9.14. The molecule has 2 unspecified atom stereocenters. The number of aliphatic hydroxyl groups excluding tert-OH is 2. The van der Waals surface area contributed by atoms with Crippen LogP contribution in [-0.2, 0) is 0 Å². The molecule has 0 saturated carbocycles. The fourth-order valence-corrected chi connectivity index (χ4v) is 1.33. The summed E-state index contributed by atoms with van der Waals surface area (Å²) >= 11 is 0. The number of nitrogens with zero attached hydrogens (tertiary/aromatic N) is 1. The Kier molecular flexibility index (Phi) is 4.68. The minimum Gasteiger partial charge on any atom is -0.390 e. The van der Waals surface area contributed by atoms with E-state index in [0.717, 1.165) is 5.69 Å². The molecular weight excluding hydrogens is 192 g/mol. The molecule has 0 saturated heterocycles. The molecule has 15 heavy (non-hydrogen) atoms. The average molecular weight is 210 g/mol. The van der Waals surface area contributed by atoms with Crippen molar-refractivity contribution in [2.24, 2.45) is 0 Å². The lowest BCUT2D eigenvalue weighted by Gasteiger charge is -2.17. The summed E-state index contributed by atoms with van der Waals surface area (Å²) in [7, 11) is 1.81. The van der Waals surface area contributed by atoms with Crippen LogP contribution in [-0.4, -0.2) is 34.9 Å². The van der Waals surface area contributed by atoms with Gasteiger partial charge < -0.3 is 15.5 Å². The van der Waals surface area contributed by atoms with Crippen molar-refractivity contribution in [3.05, 3.63) is 29.6 Å². The summed E-state index contributed by atoms with van der Waals surface area (Å²) in [5, 5.41) is 22.4. The lowest BCUT2D eigenvalue weighted by Crippen LogP contribution is -2.23. The molecule has 3 N–H and O–H groups in total. The average Bonchev–Trinajstić information content (AvgIpc) is 2.26. The SMILES string of the molecule is CNCCC(O)C(O)c1ccc(C)nc1. The molecule has 1 aromatic rings. The number of aromatic nitrogens is 1. The van der Waals surface area contributed by atoms with Crippen LogP contribution < -0.4 is 5.32 Å². The number of hydrogen-bond acceptors (Lipinski definition) is 4. The number of nitrogens with one attached hydrogen (secondary N) is 1. The van der Waals surface area contributed by atoms with E-state index in [9.17, 15) is 10.2 Å². The van der Waals surface area contributed by atoms with Crippen molar-refractivity contribution in [3.8, 4) is 0 Å². The molecule has 84 valence electrons. The van der Waals surface area contributed by atoms with Crippen molar-refractivity contribution in [2.75, 3.05) is 13.6 Å². The summed E-state index contributed by atoms with van der Waals surface area (Å²) in [5.41, 5.74) is 1.56. The fourth-order valence-electron chi connectivity index (χ4n) is 1.33. The topological polar surface area (TPSA) is 65.4 Å². The van der Waals surface area contributed by atoms with Crippen LogP contribution in [0.3, 0.4) is 0 Å². The normalized spacial score (nSPS) is 14.9. The van der Waals surface area contributed by atoms with E-state index >= 15 is 0 Å². The molecule has 0 aliphatic heterocycles. The molecule has 1 aromatic heterocycles. The van der Waals surface area contributed by atoms with Crippen molar-refractivity contribution in [2.45, 2.75) is 25.6 Å². The standard InChI is InChI=1S/C11H18N2O2/c1-8-3-4-9(7-13-8)11(15)10(14)5-6-12-2/h3-4,7,10-12,14-15H,5-6H2,1-2H3. The van der Waals surface area contributed by atoms with Gasteiger partial charge in [-0.05, 0) is 33.0 Å². The van der Waals surface area contributed by atoms with E-state index in [2.05, 4.69) is 10.3 Å². The van der Waals surface area contributed by atoms with Gasteiger partial charge >= 0.3 is 0 Å².